The van der Waals surface area contributed by atoms with Crippen LogP contribution >= 0.6 is 0 Å². The molecule has 176 valence electrons. The van der Waals surface area contributed by atoms with Crippen LogP contribution in [0.15, 0.2) is 12.1 Å². The summed E-state index contributed by atoms with van der Waals surface area (Å²) in [4.78, 5) is 0. The fourth-order valence-corrected chi connectivity index (χ4v) is 5.18. The molecule has 4 nitrogen and oxygen atoms in total. The van der Waals surface area contributed by atoms with E-state index in [1.165, 1.54) is 36.0 Å². The normalized spacial score (nSPS) is 27.4. The molecule has 0 saturated carbocycles. The van der Waals surface area contributed by atoms with E-state index in [1.807, 2.05) is 0 Å². The fraction of sp³-hybridized carbons (Fsp3) is 0.769. The molecule has 3 fully saturated rings. The number of fused-ring (bicyclic) bond motifs is 3. The van der Waals surface area contributed by atoms with Crippen molar-refractivity contribution in [2.75, 3.05) is 19.8 Å². The second-order valence-electron chi connectivity index (χ2n) is 11.6. The first kappa shape index (κ1) is 24.8. The molecular weight excluding hydrogens is 404 g/mol. The van der Waals surface area contributed by atoms with Gasteiger partial charge in [-0.15, -0.1) is 0 Å². The van der Waals surface area contributed by atoms with Gasteiger partial charge >= 0.3 is 0 Å². The topological polar surface area (TPSA) is 36.9 Å². The molecule has 1 unspecified atom stereocenters. The minimum absolute atomic E-state index is 0.0326. The predicted octanol–water partition coefficient (Wildman–Crippen LogP) is 6.95. The molecule has 0 N–H and O–H groups in total. The molecular formula is C26H44O4Si. The van der Waals surface area contributed by atoms with Crippen molar-refractivity contribution in [3.63, 3.8) is 0 Å². The van der Waals surface area contributed by atoms with Crippen LogP contribution in [0.25, 0.3) is 0 Å². The summed E-state index contributed by atoms with van der Waals surface area (Å²) in [6, 6.07) is 4.61. The number of rotatable bonds is 8. The number of benzene rings is 1. The van der Waals surface area contributed by atoms with Crippen molar-refractivity contribution in [1.29, 1.82) is 0 Å². The van der Waals surface area contributed by atoms with Gasteiger partial charge in [0.2, 0.25) is 8.32 Å². The Hall–Kier alpha value is -0.883. The Labute approximate surface area is 191 Å². The lowest BCUT2D eigenvalue weighted by atomic mass is 9.86. The molecule has 0 aromatic heterocycles. The van der Waals surface area contributed by atoms with E-state index in [1.54, 1.807) is 0 Å². The van der Waals surface area contributed by atoms with Crippen molar-refractivity contribution in [3.8, 4) is 5.75 Å². The maximum atomic E-state index is 6.83. The van der Waals surface area contributed by atoms with Crippen molar-refractivity contribution in [3.05, 3.63) is 28.8 Å². The molecule has 0 radical (unpaired) electrons. The average Bonchev–Trinajstić information content (AvgIpc) is 2.69. The van der Waals surface area contributed by atoms with Gasteiger partial charge < -0.3 is 18.6 Å². The maximum Gasteiger partial charge on any atom is 0.289 e. The molecule has 0 amide bonds. The highest BCUT2D eigenvalue weighted by Crippen LogP contribution is 2.47. The van der Waals surface area contributed by atoms with E-state index in [2.05, 4.69) is 73.7 Å². The largest absolute Gasteiger partial charge is 0.543 e. The zero-order valence-corrected chi connectivity index (χ0v) is 22.3. The lowest BCUT2D eigenvalue weighted by Gasteiger charge is -2.52. The first-order valence-corrected chi connectivity index (χ1v) is 15.0. The minimum atomic E-state index is -1.96. The zero-order valence-electron chi connectivity index (χ0n) is 21.3. The lowest BCUT2D eigenvalue weighted by Crippen LogP contribution is -2.61. The zero-order chi connectivity index (χ0) is 23.1. The number of ether oxygens (including phenoxy) is 3. The van der Waals surface area contributed by atoms with Gasteiger partial charge in [-0.25, -0.2) is 0 Å². The number of aryl methyl sites for hydroxylation is 1. The molecule has 0 aliphatic carbocycles. The Kier molecular flexibility index (Phi) is 7.03. The molecule has 3 aliphatic heterocycles. The van der Waals surface area contributed by atoms with E-state index >= 15 is 0 Å². The standard InChI is InChI=1S/C26H44O4Si/c1-10-11-12-13-21-14-22(19(2)23(15-21)30-31(8,9)24(4,5)6)20(3)26-27-16-25(7,17-28-26)18-29-26/h14-15,20H,10-13,16-18H2,1-9H3. The van der Waals surface area contributed by atoms with E-state index in [0.717, 1.165) is 12.2 Å². The maximum absolute atomic E-state index is 6.83. The third-order valence-electron chi connectivity index (χ3n) is 7.56. The van der Waals surface area contributed by atoms with Crippen molar-refractivity contribution in [2.45, 2.75) is 104 Å². The average molecular weight is 449 g/mol. The Morgan fingerprint density at radius 3 is 2.16 bits per heavy atom. The number of unbranched alkanes of at least 4 members (excludes halogenated alkanes) is 2. The van der Waals surface area contributed by atoms with E-state index in [9.17, 15) is 0 Å². The van der Waals surface area contributed by atoms with Gasteiger partial charge in [0.25, 0.3) is 5.97 Å². The summed E-state index contributed by atoms with van der Waals surface area (Å²) >= 11 is 0. The van der Waals surface area contributed by atoms with Crippen molar-refractivity contribution in [2.24, 2.45) is 5.41 Å². The highest BCUT2D eigenvalue weighted by molar-refractivity contribution is 6.74. The molecule has 3 heterocycles. The molecule has 0 spiro atoms. The highest BCUT2D eigenvalue weighted by atomic mass is 28.4. The van der Waals surface area contributed by atoms with Crippen LogP contribution in [-0.4, -0.2) is 34.1 Å². The minimum Gasteiger partial charge on any atom is -0.543 e. The van der Waals surface area contributed by atoms with Gasteiger partial charge in [-0.2, -0.15) is 0 Å². The van der Waals surface area contributed by atoms with Gasteiger partial charge in [-0.1, -0.05) is 60.5 Å². The van der Waals surface area contributed by atoms with Crippen LogP contribution in [0.4, 0.5) is 0 Å². The summed E-state index contributed by atoms with van der Waals surface area (Å²) in [6.07, 6.45) is 4.73. The summed E-state index contributed by atoms with van der Waals surface area (Å²) in [5.41, 5.74) is 3.70. The van der Waals surface area contributed by atoms with Crippen molar-refractivity contribution >= 4 is 8.32 Å². The molecule has 1 aromatic rings. The van der Waals surface area contributed by atoms with Crippen LogP contribution in [0.3, 0.4) is 0 Å². The Balaban J connectivity index is 1.97. The second kappa shape index (κ2) is 8.81. The van der Waals surface area contributed by atoms with Crippen molar-refractivity contribution < 1.29 is 18.6 Å². The summed E-state index contributed by atoms with van der Waals surface area (Å²) < 4.78 is 25.4. The monoisotopic (exact) mass is 448 g/mol. The molecule has 5 heteroatoms. The van der Waals surface area contributed by atoms with Crippen LogP contribution in [0, 0.1) is 12.3 Å². The van der Waals surface area contributed by atoms with Crippen LogP contribution in [0.1, 0.15) is 83.4 Å². The third kappa shape index (κ3) is 5.05. The van der Waals surface area contributed by atoms with Gasteiger partial charge in [-0.05, 0) is 60.7 Å². The van der Waals surface area contributed by atoms with Crippen LogP contribution < -0.4 is 4.43 Å². The van der Waals surface area contributed by atoms with Gasteiger partial charge in [0.1, 0.15) is 5.75 Å². The molecule has 31 heavy (non-hydrogen) atoms. The first-order chi connectivity index (χ1) is 14.3. The van der Waals surface area contributed by atoms with Crippen LogP contribution in [0.5, 0.6) is 5.75 Å². The van der Waals surface area contributed by atoms with Gasteiger partial charge in [0, 0.05) is 5.41 Å². The number of hydrogen-bond donors (Lipinski definition) is 0. The molecule has 1 atom stereocenters. The smallest absolute Gasteiger partial charge is 0.289 e. The Morgan fingerprint density at radius 2 is 1.65 bits per heavy atom. The first-order valence-electron chi connectivity index (χ1n) is 12.1. The quantitative estimate of drug-likeness (QED) is 0.318. The summed E-state index contributed by atoms with van der Waals surface area (Å²) in [5.74, 6) is -0.000687. The number of hydrogen-bond acceptors (Lipinski definition) is 4. The van der Waals surface area contributed by atoms with Gasteiger partial charge in [0.05, 0.1) is 25.7 Å². The summed E-state index contributed by atoms with van der Waals surface area (Å²) in [7, 11) is -1.96. The predicted molar refractivity (Wildman–Crippen MR) is 129 cm³/mol. The van der Waals surface area contributed by atoms with E-state index in [0.29, 0.717) is 19.8 Å². The van der Waals surface area contributed by atoms with E-state index < -0.39 is 14.3 Å². The molecule has 2 bridgehead atoms. The molecule has 4 rings (SSSR count). The van der Waals surface area contributed by atoms with Crippen molar-refractivity contribution in [1.82, 2.24) is 0 Å². The van der Waals surface area contributed by atoms with Gasteiger partial charge in [-0.3, -0.25) is 0 Å². The highest BCUT2D eigenvalue weighted by Gasteiger charge is 2.54. The van der Waals surface area contributed by atoms with E-state index in [4.69, 9.17) is 18.6 Å². The lowest BCUT2D eigenvalue weighted by molar-refractivity contribution is -0.472. The Morgan fingerprint density at radius 1 is 1.06 bits per heavy atom. The van der Waals surface area contributed by atoms with Gasteiger partial charge in [0.15, 0.2) is 0 Å². The second-order valence-corrected chi connectivity index (χ2v) is 16.4. The SMILES string of the molecule is CCCCCc1cc(O[Si](C)(C)C(C)(C)C)c(C)c(C(C)C23OCC(C)(CO2)CO3)c1. The summed E-state index contributed by atoms with van der Waals surface area (Å²) in [5, 5.41) is 0.147. The van der Waals surface area contributed by atoms with Crippen LogP contribution in [-0.2, 0) is 20.6 Å². The summed E-state index contributed by atoms with van der Waals surface area (Å²) in [6.45, 7) is 22.3. The molecule has 3 saturated heterocycles. The molecule has 1 aromatic carbocycles. The fourth-order valence-electron chi connectivity index (χ4n) is 4.12. The van der Waals surface area contributed by atoms with E-state index in [-0.39, 0.29) is 16.4 Å². The van der Waals surface area contributed by atoms with Crippen LogP contribution in [0.2, 0.25) is 18.1 Å². The molecule has 3 aliphatic rings. The third-order valence-corrected chi connectivity index (χ3v) is 11.9. The Bertz CT molecular complexity index is 756.